The number of sulfonamides is 1. The van der Waals surface area contributed by atoms with Crippen LogP contribution in [0.4, 0.5) is 0 Å². The number of unbranched alkanes of at least 4 members (excludes halogenated alkanes) is 3. The van der Waals surface area contributed by atoms with Gasteiger partial charge in [0.25, 0.3) is 0 Å². The summed E-state index contributed by atoms with van der Waals surface area (Å²) < 4.78 is 29.8. The van der Waals surface area contributed by atoms with Crippen LogP contribution in [-0.2, 0) is 10.0 Å². The van der Waals surface area contributed by atoms with Crippen molar-refractivity contribution < 1.29 is 8.42 Å². The summed E-state index contributed by atoms with van der Waals surface area (Å²) in [5.41, 5.74) is 1.06. The molecule has 1 N–H and O–H groups in total. The molecule has 0 heterocycles. The van der Waals surface area contributed by atoms with Gasteiger partial charge in [0, 0.05) is 0 Å². The Morgan fingerprint density at radius 2 is 1.65 bits per heavy atom. The summed E-state index contributed by atoms with van der Waals surface area (Å²) in [4.78, 5) is 0.355. The Labute approximate surface area is 164 Å². The van der Waals surface area contributed by atoms with Crippen molar-refractivity contribution in [1.29, 1.82) is 0 Å². The molecule has 2 aromatic rings. The van der Waals surface area contributed by atoms with Gasteiger partial charge in [0.2, 0.25) is 0 Å². The van der Waals surface area contributed by atoms with E-state index in [1.165, 1.54) is 17.3 Å². The zero-order valence-electron chi connectivity index (χ0n) is 15.6. The van der Waals surface area contributed by atoms with E-state index < -0.39 is 10.0 Å². The fourth-order valence-corrected chi connectivity index (χ4v) is 6.30. The van der Waals surface area contributed by atoms with Crippen LogP contribution in [0.5, 0.6) is 0 Å². The van der Waals surface area contributed by atoms with Crippen molar-refractivity contribution >= 4 is 29.4 Å². The third kappa shape index (κ3) is 7.24. The number of hydrogen-bond acceptors (Lipinski definition) is 2. The molecule has 26 heavy (non-hydrogen) atoms. The van der Waals surface area contributed by atoms with E-state index in [0.717, 1.165) is 30.1 Å². The molecule has 0 spiro atoms. The molecular formula is C21H29NO2SSe. The molecule has 1 unspecified atom stereocenters. The first-order chi connectivity index (χ1) is 12.5. The second kappa shape index (κ2) is 10.9. The maximum absolute atomic E-state index is 12.7. The van der Waals surface area contributed by atoms with Crippen molar-refractivity contribution in [2.24, 2.45) is 0 Å². The Bertz CT molecular complexity index is 745. The van der Waals surface area contributed by atoms with Gasteiger partial charge in [0.05, 0.1) is 0 Å². The third-order valence-corrected chi connectivity index (χ3v) is 8.25. The van der Waals surface area contributed by atoms with Gasteiger partial charge in [-0.15, -0.1) is 0 Å². The van der Waals surface area contributed by atoms with Crippen molar-refractivity contribution in [2.45, 2.75) is 62.2 Å². The zero-order valence-corrected chi connectivity index (χ0v) is 18.2. The molecule has 3 nitrogen and oxygen atoms in total. The molecule has 2 rings (SSSR count). The Morgan fingerprint density at radius 1 is 0.962 bits per heavy atom. The maximum atomic E-state index is 12.7. The van der Waals surface area contributed by atoms with Crippen LogP contribution in [0.2, 0.25) is 5.32 Å². The molecule has 0 aliphatic rings. The number of benzene rings is 2. The summed E-state index contributed by atoms with van der Waals surface area (Å²) >= 11 is 0.270. The van der Waals surface area contributed by atoms with Gasteiger partial charge >= 0.3 is 165 Å². The van der Waals surface area contributed by atoms with Gasteiger partial charge in [-0.2, -0.15) is 0 Å². The molecule has 0 saturated heterocycles. The van der Waals surface area contributed by atoms with E-state index in [0.29, 0.717) is 4.90 Å². The molecule has 0 saturated carbocycles. The monoisotopic (exact) mass is 439 g/mol. The van der Waals surface area contributed by atoms with E-state index in [1.54, 1.807) is 12.1 Å². The normalized spacial score (nSPS) is 12.8. The Hall–Kier alpha value is -1.13. The summed E-state index contributed by atoms with van der Waals surface area (Å²) in [6.07, 6.45) is 5.53. The zero-order chi connectivity index (χ0) is 18.8. The van der Waals surface area contributed by atoms with E-state index >= 15 is 0 Å². The fraction of sp³-hybridized carbons (Fsp3) is 0.429. The first kappa shape index (κ1) is 21.2. The van der Waals surface area contributed by atoms with Crippen LogP contribution in [0.1, 0.15) is 44.6 Å². The van der Waals surface area contributed by atoms with E-state index in [1.807, 2.05) is 37.3 Å². The molecule has 2 aromatic carbocycles. The third-order valence-electron chi connectivity index (χ3n) is 4.25. The molecular weight excluding hydrogens is 409 g/mol. The first-order valence-electron chi connectivity index (χ1n) is 9.28. The van der Waals surface area contributed by atoms with E-state index in [2.05, 4.69) is 23.8 Å². The average Bonchev–Trinajstić information content (AvgIpc) is 2.64. The van der Waals surface area contributed by atoms with Crippen molar-refractivity contribution in [3.8, 4) is 0 Å². The van der Waals surface area contributed by atoms with Crippen molar-refractivity contribution in [3.63, 3.8) is 0 Å². The van der Waals surface area contributed by atoms with E-state index in [9.17, 15) is 8.42 Å². The van der Waals surface area contributed by atoms with Crippen molar-refractivity contribution in [2.75, 3.05) is 0 Å². The summed E-state index contributed by atoms with van der Waals surface area (Å²) in [5.74, 6) is 0. The van der Waals surface area contributed by atoms with Gasteiger partial charge in [-0.05, 0) is 0 Å². The summed E-state index contributed by atoms with van der Waals surface area (Å²) in [7, 11) is -3.46. The van der Waals surface area contributed by atoms with Gasteiger partial charge < -0.3 is 0 Å². The van der Waals surface area contributed by atoms with Crippen LogP contribution in [-0.4, -0.2) is 29.4 Å². The second-order valence-corrected chi connectivity index (χ2v) is 10.6. The minimum absolute atomic E-state index is 0.00151. The molecule has 142 valence electrons. The molecule has 1 atom stereocenters. The number of aryl methyl sites for hydroxylation is 1. The summed E-state index contributed by atoms with van der Waals surface area (Å²) in [5, 5.41) is 0.883. The Morgan fingerprint density at radius 3 is 2.31 bits per heavy atom. The molecule has 0 amide bonds. The van der Waals surface area contributed by atoms with Crippen LogP contribution in [0.3, 0.4) is 0 Å². The van der Waals surface area contributed by atoms with Crippen molar-refractivity contribution in [3.05, 3.63) is 60.2 Å². The SMILES string of the molecule is CCCCCCC(C[Se]c1ccccc1)NS(=O)(=O)c1ccc(C)cc1. The molecule has 0 aliphatic carbocycles. The summed E-state index contributed by atoms with van der Waals surface area (Å²) in [6, 6.07) is 17.4. The van der Waals surface area contributed by atoms with E-state index in [-0.39, 0.29) is 21.0 Å². The van der Waals surface area contributed by atoms with Crippen LogP contribution >= 0.6 is 0 Å². The predicted octanol–water partition coefficient (Wildman–Crippen LogP) is 4.06. The van der Waals surface area contributed by atoms with E-state index in [4.69, 9.17) is 0 Å². The van der Waals surface area contributed by atoms with Gasteiger partial charge in [0.15, 0.2) is 0 Å². The minimum atomic E-state index is -3.46. The Balaban J connectivity index is 2.02. The number of nitrogens with one attached hydrogen (secondary N) is 1. The van der Waals surface area contributed by atoms with Crippen molar-refractivity contribution in [1.82, 2.24) is 4.72 Å². The average molecular weight is 438 g/mol. The van der Waals surface area contributed by atoms with Crippen LogP contribution in [0, 0.1) is 6.92 Å². The van der Waals surface area contributed by atoms with Gasteiger partial charge in [0.1, 0.15) is 0 Å². The molecule has 0 aromatic heterocycles. The van der Waals surface area contributed by atoms with Crippen LogP contribution < -0.4 is 9.18 Å². The molecule has 5 heteroatoms. The molecule has 0 bridgehead atoms. The second-order valence-electron chi connectivity index (χ2n) is 6.60. The van der Waals surface area contributed by atoms with Gasteiger partial charge in [-0.25, -0.2) is 0 Å². The first-order valence-corrected chi connectivity index (χ1v) is 12.8. The molecule has 0 fully saturated rings. The standard InChI is InChI=1S/C21H29NO2SSe/c1-3-4-5-7-10-19(17-26-21-11-8-6-9-12-21)22-25(23,24)20-15-13-18(2)14-16-20/h6,8-9,11-16,19,22H,3-5,7,10,17H2,1-2H3. The molecule has 0 radical (unpaired) electrons. The van der Waals surface area contributed by atoms with Gasteiger partial charge in [-0.1, -0.05) is 0 Å². The van der Waals surface area contributed by atoms with Gasteiger partial charge in [-0.3, -0.25) is 0 Å². The topological polar surface area (TPSA) is 46.2 Å². The molecule has 0 aliphatic heterocycles. The van der Waals surface area contributed by atoms with Crippen LogP contribution in [0.25, 0.3) is 0 Å². The quantitative estimate of drug-likeness (QED) is 0.425. The predicted molar refractivity (Wildman–Crippen MR) is 111 cm³/mol. The Kier molecular flexibility index (Phi) is 8.86. The number of rotatable bonds is 11. The summed E-state index contributed by atoms with van der Waals surface area (Å²) in [6.45, 7) is 4.15. The van der Waals surface area contributed by atoms with Crippen LogP contribution in [0.15, 0.2) is 59.5 Å². The number of hydrogen-bond donors (Lipinski definition) is 1. The fourth-order valence-electron chi connectivity index (χ4n) is 2.71.